The minimum absolute atomic E-state index is 0.355. The number of sulfonamides is 1. The van der Waals surface area contributed by atoms with E-state index in [4.69, 9.17) is 0 Å². The van der Waals surface area contributed by atoms with Crippen molar-refractivity contribution in [1.82, 2.24) is 0 Å². The van der Waals surface area contributed by atoms with Crippen LogP contribution in [0.4, 0.5) is 11.4 Å². The lowest BCUT2D eigenvalue weighted by atomic mass is 9.92. The molecule has 4 nitrogen and oxygen atoms in total. The third kappa shape index (κ3) is 3.00. The highest BCUT2D eigenvalue weighted by molar-refractivity contribution is 7.92. The van der Waals surface area contributed by atoms with Crippen molar-refractivity contribution < 1.29 is 8.42 Å². The number of aryl methyl sites for hydroxylation is 3. The molecule has 0 bridgehead atoms. The average molecular weight is 342 g/mol. The molecule has 0 fully saturated rings. The van der Waals surface area contributed by atoms with Crippen LogP contribution in [0, 0.1) is 0 Å². The quantitative estimate of drug-likeness (QED) is 0.894. The zero-order valence-corrected chi connectivity index (χ0v) is 14.5. The number of benzene rings is 2. The molecule has 0 radical (unpaired) electrons. The van der Waals surface area contributed by atoms with Gasteiger partial charge in [-0.1, -0.05) is 12.1 Å². The van der Waals surface area contributed by atoms with Crippen molar-refractivity contribution in [2.75, 3.05) is 16.6 Å². The van der Waals surface area contributed by atoms with E-state index in [1.54, 1.807) is 6.07 Å². The maximum Gasteiger partial charge on any atom is 0.261 e. The van der Waals surface area contributed by atoms with Crippen molar-refractivity contribution in [3.8, 4) is 0 Å². The summed E-state index contributed by atoms with van der Waals surface area (Å²) in [7, 11) is -3.55. The summed E-state index contributed by atoms with van der Waals surface area (Å²) < 4.78 is 28.2. The van der Waals surface area contributed by atoms with Crippen LogP contribution in [0.25, 0.3) is 0 Å². The van der Waals surface area contributed by atoms with Gasteiger partial charge in [0.25, 0.3) is 10.0 Å². The largest absolute Gasteiger partial charge is 0.385 e. The van der Waals surface area contributed by atoms with Crippen LogP contribution < -0.4 is 10.0 Å². The lowest BCUT2D eigenvalue weighted by Crippen LogP contribution is -2.16. The zero-order chi connectivity index (χ0) is 16.6. The van der Waals surface area contributed by atoms with E-state index in [0.29, 0.717) is 10.6 Å². The van der Waals surface area contributed by atoms with E-state index in [-0.39, 0.29) is 0 Å². The first-order valence-electron chi connectivity index (χ1n) is 8.63. The Morgan fingerprint density at radius 2 is 1.58 bits per heavy atom. The number of anilines is 2. The van der Waals surface area contributed by atoms with Crippen molar-refractivity contribution in [2.24, 2.45) is 0 Å². The minimum atomic E-state index is -3.55. The minimum Gasteiger partial charge on any atom is -0.385 e. The molecular formula is C19H22N2O2S. The van der Waals surface area contributed by atoms with Gasteiger partial charge in [0.15, 0.2) is 0 Å². The molecule has 0 atom stereocenters. The molecule has 1 heterocycles. The Morgan fingerprint density at radius 3 is 2.46 bits per heavy atom. The molecule has 2 aliphatic rings. The second-order valence-electron chi connectivity index (χ2n) is 6.65. The number of rotatable bonds is 3. The molecule has 2 aromatic carbocycles. The Morgan fingerprint density at radius 1 is 0.833 bits per heavy atom. The van der Waals surface area contributed by atoms with Crippen LogP contribution in [0.15, 0.2) is 41.3 Å². The summed E-state index contributed by atoms with van der Waals surface area (Å²) >= 11 is 0. The molecule has 126 valence electrons. The van der Waals surface area contributed by atoms with Gasteiger partial charge < -0.3 is 5.32 Å². The molecule has 2 aromatic rings. The van der Waals surface area contributed by atoms with Crippen LogP contribution in [0.3, 0.4) is 0 Å². The molecule has 0 saturated carbocycles. The SMILES string of the molecule is O=S(=O)(Nc1ccc2c(c1)NCCC2)c1ccc2c(c1)CCCC2. The van der Waals surface area contributed by atoms with Gasteiger partial charge in [0.2, 0.25) is 0 Å². The average Bonchev–Trinajstić information content (AvgIpc) is 2.61. The molecule has 0 aromatic heterocycles. The summed E-state index contributed by atoms with van der Waals surface area (Å²) in [6.45, 7) is 0.939. The van der Waals surface area contributed by atoms with Crippen LogP contribution >= 0.6 is 0 Å². The fourth-order valence-electron chi connectivity index (χ4n) is 3.62. The molecule has 0 saturated heterocycles. The van der Waals surface area contributed by atoms with Gasteiger partial charge >= 0.3 is 0 Å². The molecule has 0 unspecified atom stereocenters. The van der Waals surface area contributed by atoms with Crippen LogP contribution in [0.5, 0.6) is 0 Å². The Kier molecular flexibility index (Phi) is 3.96. The second-order valence-corrected chi connectivity index (χ2v) is 8.33. The number of fused-ring (bicyclic) bond motifs is 2. The molecule has 0 amide bonds. The summed E-state index contributed by atoms with van der Waals surface area (Å²) in [5.41, 5.74) is 5.36. The van der Waals surface area contributed by atoms with Gasteiger partial charge in [-0.25, -0.2) is 8.42 Å². The Hall–Kier alpha value is -2.01. The fourth-order valence-corrected chi connectivity index (χ4v) is 4.72. The predicted octanol–water partition coefficient (Wildman–Crippen LogP) is 3.72. The molecule has 5 heteroatoms. The monoisotopic (exact) mass is 342 g/mol. The van der Waals surface area contributed by atoms with Crippen molar-refractivity contribution in [3.63, 3.8) is 0 Å². The smallest absolute Gasteiger partial charge is 0.261 e. The standard InChI is InChI=1S/C19H22N2O2S/c22-24(23,18-10-8-14-4-1-2-5-16(14)12-18)21-17-9-7-15-6-3-11-20-19(15)13-17/h7-10,12-13,20-21H,1-6,11H2. The van der Waals surface area contributed by atoms with E-state index < -0.39 is 10.0 Å². The molecular weight excluding hydrogens is 320 g/mol. The van der Waals surface area contributed by atoms with E-state index in [2.05, 4.69) is 10.0 Å². The first-order valence-corrected chi connectivity index (χ1v) is 10.1. The van der Waals surface area contributed by atoms with E-state index in [9.17, 15) is 8.42 Å². The van der Waals surface area contributed by atoms with E-state index in [0.717, 1.165) is 44.3 Å². The molecule has 4 rings (SSSR count). The van der Waals surface area contributed by atoms with Crippen LogP contribution in [-0.4, -0.2) is 15.0 Å². The van der Waals surface area contributed by atoms with Gasteiger partial charge in [-0.2, -0.15) is 0 Å². The van der Waals surface area contributed by atoms with Crippen LogP contribution in [-0.2, 0) is 29.3 Å². The van der Waals surface area contributed by atoms with Gasteiger partial charge in [0.05, 0.1) is 10.6 Å². The summed E-state index contributed by atoms with van der Waals surface area (Å²) in [5, 5.41) is 3.33. The lowest BCUT2D eigenvalue weighted by molar-refractivity contribution is 0.600. The molecule has 24 heavy (non-hydrogen) atoms. The third-order valence-electron chi connectivity index (χ3n) is 4.93. The van der Waals surface area contributed by atoms with Gasteiger partial charge in [0, 0.05) is 12.2 Å². The first kappa shape index (κ1) is 15.5. The molecule has 2 N–H and O–H groups in total. The van der Waals surface area contributed by atoms with Gasteiger partial charge in [0.1, 0.15) is 0 Å². The fraction of sp³-hybridized carbons (Fsp3) is 0.368. The Bertz CT molecular complexity index is 875. The van der Waals surface area contributed by atoms with Crippen molar-refractivity contribution in [3.05, 3.63) is 53.1 Å². The maximum atomic E-state index is 12.7. The predicted molar refractivity (Wildman–Crippen MR) is 97.1 cm³/mol. The number of hydrogen-bond donors (Lipinski definition) is 2. The topological polar surface area (TPSA) is 58.2 Å². The third-order valence-corrected chi connectivity index (χ3v) is 6.31. The molecule has 1 aliphatic carbocycles. The van der Waals surface area contributed by atoms with E-state index in [1.165, 1.54) is 23.1 Å². The van der Waals surface area contributed by atoms with Crippen molar-refractivity contribution in [2.45, 2.75) is 43.4 Å². The highest BCUT2D eigenvalue weighted by atomic mass is 32.2. The van der Waals surface area contributed by atoms with E-state index in [1.807, 2.05) is 30.3 Å². The highest BCUT2D eigenvalue weighted by Gasteiger charge is 2.18. The Balaban J connectivity index is 1.61. The van der Waals surface area contributed by atoms with Crippen molar-refractivity contribution >= 4 is 21.4 Å². The zero-order valence-electron chi connectivity index (χ0n) is 13.6. The number of hydrogen-bond acceptors (Lipinski definition) is 3. The normalized spacial score (nSPS) is 16.7. The van der Waals surface area contributed by atoms with Crippen molar-refractivity contribution in [1.29, 1.82) is 0 Å². The summed E-state index contributed by atoms with van der Waals surface area (Å²) in [6, 6.07) is 11.3. The maximum absolute atomic E-state index is 12.7. The second kappa shape index (κ2) is 6.13. The van der Waals surface area contributed by atoms with Gasteiger partial charge in [-0.05, 0) is 79.5 Å². The lowest BCUT2D eigenvalue weighted by Gasteiger charge is -2.20. The molecule has 1 aliphatic heterocycles. The van der Waals surface area contributed by atoms with Crippen LogP contribution in [0.1, 0.15) is 36.0 Å². The number of nitrogens with one attached hydrogen (secondary N) is 2. The summed E-state index contributed by atoms with van der Waals surface area (Å²) in [5.74, 6) is 0. The summed E-state index contributed by atoms with van der Waals surface area (Å²) in [6.07, 6.45) is 6.52. The van der Waals surface area contributed by atoms with Gasteiger partial charge in [-0.15, -0.1) is 0 Å². The van der Waals surface area contributed by atoms with E-state index >= 15 is 0 Å². The first-order chi connectivity index (χ1) is 11.6. The summed E-state index contributed by atoms with van der Waals surface area (Å²) in [4.78, 5) is 0.355. The molecule has 0 spiro atoms. The highest BCUT2D eigenvalue weighted by Crippen LogP contribution is 2.28. The van der Waals surface area contributed by atoms with Gasteiger partial charge in [-0.3, -0.25) is 4.72 Å². The Labute approximate surface area is 143 Å². The van der Waals surface area contributed by atoms with Crippen LogP contribution in [0.2, 0.25) is 0 Å².